The predicted octanol–water partition coefficient (Wildman–Crippen LogP) is 2.73. The van der Waals surface area contributed by atoms with Crippen molar-refractivity contribution in [3.63, 3.8) is 0 Å². The van der Waals surface area contributed by atoms with E-state index in [2.05, 4.69) is 15.9 Å². The summed E-state index contributed by atoms with van der Waals surface area (Å²) in [7, 11) is 0. The number of aromatic carboxylic acids is 1. The van der Waals surface area contributed by atoms with Gasteiger partial charge in [-0.25, -0.2) is 9.18 Å². The fourth-order valence-corrected chi connectivity index (χ4v) is 1.60. The number of halogens is 2. The van der Waals surface area contributed by atoms with Crippen LogP contribution in [0.2, 0.25) is 0 Å². The van der Waals surface area contributed by atoms with E-state index in [1.54, 1.807) is 13.0 Å². The number of carbonyl (C=O) groups is 1. The molecule has 0 aliphatic heterocycles. The highest BCUT2D eigenvalue weighted by molar-refractivity contribution is 9.08. The van der Waals surface area contributed by atoms with Gasteiger partial charge in [0.25, 0.3) is 0 Å². The summed E-state index contributed by atoms with van der Waals surface area (Å²) in [4.78, 5) is 10.7. The molecular formula is C9H8BrFO2. The van der Waals surface area contributed by atoms with Gasteiger partial charge in [-0.1, -0.05) is 22.0 Å². The lowest BCUT2D eigenvalue weighted by molar-refractivity contribution is 0.0691. The van der Waals surface area contributed by atoms with Crippen LogP contribution in [0.25, 0.3) is 0 Å². The van der Waals surface area contributed by atoms with E-state index in [1.165, 1.54) is 6.07 Å². The van der Waals surface area contributed by atoms with Crippen molar-refractivity contribution in [1.82, 2.24) is 0 Å². The van der Waals surface area contributed by atoms with Crippen LogP contribution < -0.4 is 0 Å². The summed E-state index contributed by atoms with van der Waals surface area (Å²) in [6.45, 7) is 1.72. The Hall–Kier alpha value is -0.900. The highest BCUT2D eigenvalue weighted by Crippen LogP contribution is 2.18. The van der Waals surface area contributed by atoms with Crippen molar-refractivity contribution >= 4 is 21.9 Å². The second-order valence-corrected chi connectivity index (χ2v) is 3.28. The Balaban J connectivity index is 3.38. The largest absolute Gasteiger partial charge is 0.478 e. The summed E-state index contributed by atoms with van der Waals surface area (Å²) in [5.74, 6) is -1.91. The minimum absolute atomic E-state index is 0.248. The van der Waals surface area contributed by atoms with Gasteiger partial charge < -0.3 is 5.11 Å². The third kappa shape index (κ3) is 2.06. The highest BCUT2D eigenvalue weighted by Gasteiger charge is 2.15. The molecule has 0 spiro atoms. The van der Waals surface area contributed by atoms with Crippen LogP contribution in [-0.2, 0) is 5.33 Å². The number of benzene rings is 1. The van der Waals surface area contributed by atoms with Gasteiger partial charge in [0.05, 0.1) is 5.56 Å². The van der Waals surface area contributed by atoms with Crippen LogP contribution in [0.4, 0.5) is 4.39 Å². The zero-order valence-electron chi connectivity index (χ0n) is 6.97. The molecule has 0 fully saturated rings. The summed E-state index contributed by atoms with van der Waals surface area (Å²) in [5, 5.41) is 9.05. The first-order valence-corrected chi connectivity index (χ1v) is 4.76. The Morgan fingerprint density at radius 2 is 2.23 bits per heavy atom. The van der Waals surface area contributed by atoms with Crippen molar-refractivity contribution in [3.8, 4) is 0 Å². The van der Waals surface area contributed by atoms with Gasteiger partial charge in [0.2, 0.25) is 0 Å². The second kappa shape index (κ2) is 3.87. The molecule has 0 bridgehead atoms. The summed E-state index contributed by atoms with van der Waals surface area (Å²) in [6.07, 6.45) is 0. The quantitative estimate of drug-likeness (QED) is 0.816. The van der Waals surface area contributed by atoms with Crippen LogP contribution in [0.5, 0.6) is 0 Å². The summed E-state index contributed by atoms with van der Waals surface area (Å²) < 4.78 is 13.1. The molecule has 0 unspecified atom stereocenters. The molecular weight excluding hydrogens is 239 g/mol. The third-order valence-electron chi connectivity index (χ3n) is 1.67. The first kappa shape index (κ1) is 10.2. The normalized spacial score (nSPS) is 10.1. The predicted molar refractivity (Wildman–Crippen MR) is 50.7 cm³/mol. The number of carboxylic acid groups (broad SMARTS) is 1. The van der Waals surface area contributed by atoms with E-state index in [0.29, 0.717) is 10.9 Å². The van der Waals surface area contributed by atoms with E-state index in [1.807, 2.05) is 0 Å². The van der Waals surface area contributed by atoms with Crippen molar-refractivity contribution in [2.75, 3.05) is 0 Å². The smallest absolute Gasteiger partial charge is 0.338 e. The van der Waals surface area contributed by atoms with Gasteiger partial charge in [0, 0.05) is 5.33 Å². The van der Waals surface area contributed by atoms with Crippen LogP contribution in [0.1, 0.15) is 21.5 Å². The topological polar surface area (TPSA) is 37.3 Å². The number of aryl methyl sites for hydroxylation is 1. The molecule has 0 saturated heterocycles. The van der Waals surface area contributed by atoms with Gasteiger partial charge in [-0.05, 0) is 24.1 Å². The lowest BCUT2D eigenvalue weighted by Gasteiger charge is -2.05. The second-order valence-electron chi connectivity index (χ2n) is 2.72. The van der Waals surface area contributed by atoms with Crippen LogP contribution >= 0.6 is 15.9 Å². The zero-order valence-corrected chi connectivity index (χ0v) is 8.56. The van der Waals surface area contributed by atoms with E-state index >= 15 is 0 Å². The minimum Gasteiger partial charge on any atom is -0.478 e. The van der Waals surface area contributed by atoms with E-state index in [9.17, 15) is 9.18 Å². The number of hydrogen-bond acceptors (Lipinski definition) is 1. The van der Waals surface area contributed by atoms with Crippen molar-refractivity contribution in [3.05, 3.63) is 34.6 Å². The molecule has 1 rings (SSSR count). The summed E-state index contributed by atoms with van der Waals surface area (Å²) in [5.41, 5.74) is 0.935. The molecule has 0 aliphatic carbocycles. The molecule has 0 amide bonds. The number of carboxylic acids is 1. The summed E-state index contributed by atoms with van der Waals surface area (Å²) in [6, 6.07) is 2.87. The number of hydrogen-bond donors (Lipinski definition) is 1. The minimum atomic E-state index is -1.23. The zero-order chi connectivity index (χ0) is 10.0. The van der Waals surface area contributed by atoms with E-state index in [4.69, 9.17) is 5.11 Å². The van der Waals surface area contributed by atoms with Gasteiger partial charge >= 0.3 is 5.97 Å². The van der Waals surface area contributed by atoms with Gasteiger partial charge in [-0.2, -0.15) is 0 Å². The van der Waals surface area contributed by atoms with Crippen molar-refractivity contribution in [2.24, 2.45) is 0 Å². The maximum Gasteiger partial charge on any atom is 0.338 e. The summed E-state index contributed by atoms with van der Waals surface area (Å²) >= 11 is 3.11. The molecule has 0 radical (unpaired) electrons. The lowest BCUT2D eigenvalue weighted by Crippen LogP contribution is -2.05. The fourth-order valence-electron chi connectivity index (χ4n) is 1.16. The Bertz CT molecular complexity index is 350. The SMILES string of the molecule is Cc1cc(F)c(C(=O)O)c(CBr)c1. The Morgan fingerprint density at radius 1 is 1.62 bits per heavy atom. The van der Waals surface area contributed by atoms with Crippen LogP contribution in [-0.4, -0.2) is 11.1 Å². The highest BCUT2D eigenvalue weighted by atomic mass is 79.9. The average Bonchev–Trinajstić information content (AvgIpc) is 2.01. The van der Waals surface area contributed by atoms with Crippen molar-refractivity contribution < 1.29 is 14.3 Å². The lowest BCUT2D eigenvalue weighted by atomic mass is 10.1. The van der Waals surface area contributed by atoms with Crippen LogP contribution in [0.3, 0.4) is 0 Å². The van der Waals surface area contributed by atoms with Gasteiger partial charge in [0.1, 0.15) is 5.82 Å². The Morgan fingerprint density at radius 3 is 2.69 bits per heavy atom. The van der Waals surface area contributed by atoms with E-state index in [-0.39, 0.29) is 5.56 Å². The molecule has 70 valence electrons. The van der Waals surface area contributed by atoms with Gasteiger partial charge in [-0.3, -0.25) is 0 Å². The van der Waals surface area contributed by atoms with Crippen LogP contribution in [0, 0.1) is 12.7 Å². The van der Waals surface area contributed by atoms with Crippen molar-refractivity contribution in [2.45, 2.75) is 12.3 Å². The van der Waals surface area contributed by atoms with Crippen LogP contribution in [0.15, 0.2) is 12.1 Å². The molecule has 0 saturated carbocycles. The van der Waals surface area contributed by atoms with Gasteiger partial charge in [0.15, 0.2) is 0 Å². The molecule has 1 aromatic carbocycles. The third-order valence-corrected chi connectivity index (χ3v) is 2.28. The monoisotopic (exact) mass is 246 g/mol. The molecule has 1 aromatic rings. The maximum absolute atomic E-state index is 13.1. The molecule has 0 aromatic heterocycles. The molecule has 0 atom stereocenters. The standard InChI is InChI=1S/C9H8BrFO2/c1-5-2-6(4-10)8(9(12)13)7(11)3-5/h2-3H,4H2,1H3,(H,12,13). The average molecular weight is 247 g/mol. The van der Waals surface area contributed by atoms with E-state index < -0.39 is 11.8 Å². The van der Waals surface area contributed by atoms with Crippen molar-refractivity contribution in [1.29, 1.82) is 0 Å². The molecule has 2 nitrogen and oxygen atoms in total. The molecule has 0 aliphatic rings. The molecule has 1 N–H and O–H groups in total. The molecule has 0 heterocycles. The Labute approximate surface area is 83.5 Å². The first-order valence-electron chi connectivity index (χ1n) is 3.64. The molecule has 13 heavy (non-hydrogen) atoms. The number of rotatable bonds is 2. The fraction of sp³-hybridized carbons (Fsp3) is 0.222. The first-order chi connectivity index (χ1) is 6.06. The maximum atomic E-state index is 13.1. The Kier molecular flexibility index (Phi) is 3.03. The molecule has 4 heteroatoms. The number of alkyl halides is 1. The van der Waals surface area contributed by atoms with Gasteiger partial charge in [-0.15, -0.1) is 0 Å². The van der Waals surface area contributed by atoms with E-state index in [0.717, 1.165) is 5.56 Å².